The van der Waals surface area contributed by atoms with Gasteiger partial charge < -0.3 is 10.1 Å². The summed E-state index contributed by atoms with van der Waals surface area (Å²) in [7, 11) is 3.03. The van der Waals surface area contributed by atoms with Crippen molar-refractivity contribution in [1.29, 1.82) is 0 Å². The summed E-state index contributed by atoms with van der Waals surface area (Å²) in [5.74, 6) is -0.294. The van der Waals surface area contributed by atoms with Crippen molar-refractivity contribution in [3.63, 3.8) is 0 Å². The van der Waals surface area contributed by atoms with Gasteiger partial charge in [-0.1, -0.05) is 6.07 Å². The Kier molecular flexibility index (Phi) is 4.44. The van der Waals surface area contributed by atoms with Crippen LogP contribution in [0.3, 0.4) is 0 Å². The molecule has 7 nitrogen and oxygen atoms in total. The van der Waals surface area contributed by atoms with E-state index in [2.05, 4.69) is 25.5 Å². The smallest absolute Gasteiger partial charge is 0.269 e. The number of fused-ring (bicyclic) bond motifs is 1. The predicted molar refractivity (Wildman–Crippen MR) is 102 cm³/mol. The third-order valence-electron chi connectivity index (χ3n) is 4.40. The van der Waals surface area contributed by atoms with Crippen LogP contribution in [-0.2, 0) is 0 Å². The van der Waals surface area contributed by atoms with Crippen LogP contribution in [0.25, 0.3) is 33.4 Å². The van der Waals surface area contributed by atoms with E-state index in [-0.39, 0.29) is 11.5 Å². The summed E-state index contributed by atoms with van der Waals surface area (Å²) in [6.07, 6.45) is 3.17. The molecule has 0 spiro atoms. The van der Waals surface area contributed by atoms with Crippen LogP contribution in [0.4, 0.5) is 4.39 Å². The lowest BCUT2D eigenvalue weighted by Gasteiger charge is -2.09. The molecule has 0 aliphatic carbocycles. The number of ether oxygens (including phenoxy) is 1. The highest BCUT2D eigenvalue weighted by molar-refractivity contribution is 5.96. The minimum Gasteiger partial charge on any atom is -0.496 e. The van der Waals surface area contributed by atoms with Gasteiger partial charge in [0.05, 0.1) is 30.1 Å². The average Bonchev–Trinajstić information content (AvgIpc) is 3.16. The topological polar surface area (TPSA) is 92.8 Å². The summed E-state index contributed by atoms with van der Waals surface area (Å²) in [4.78, 5) is 20.2. The van der Waals surface area contributed by atoms with E-state index in [0.717, 1.165) is 10.9 Å². The molecule has 8 heteroatoms. The fourth-order valence-electron chi connectivity index (χ4n) is 2.99. The Morgan fingerprint density at radius 2 is 2.04 bits per heavy atom. The first-order valence-corrected chi connectivity index (χ1v) is 8.48. The van der Waals surface area contributed by atoms with E-state index in [9.17, 15) is 9.18 Å². The maximum Gasteiger partial charge on any atom is 0.269 e. The number of carbonyl (C=O) groups excluding carboxylic acids is 1. The molecule has 1 amide bonds. The molecule has 3 aromatic heterocycles. The maximum atomic E-state index is 14.4. The number of amides is 1. The van der Waals surface area contributed by atoms with E-state index in [0.29, 0.717) is 28.3 Å². The number of hydrogen-bond acceptors (Lipinski definition) is 5. The second kappa shape index (κ2) is 7.07. The molecular formula is C20H16FN5O2. The summed E-state index contributed by atoms with van der Waals surface area (Å²) in [6.45, 7) is 0. The number of carbonyl (C=O) groups is 1. The molecule has 0 aliphatic heterocycles. The molecule has 0 radical (unpaired) electrons. The van der Waals surface area contributed by atoms with Gasteiger partial charge in [0.2, 0.25) is 0 Å². The molecule has 0 bridgehead atoms. The highest BCUT2D eigenvalue weighted by atomic mass is 19.1. The molecule has 3 heterocycles. The van der Waals surface area contributed by atoms with Gasteiger partial charge in [-0.05, 0) is 30.3 Å². The fourth-order valence-corrected chi connectivity index (χ4v) is 2.99. The Hall–Kier alpha value is -3.81. The number of nitrogens with one attached hydrogen (secondary N) is 2. The van der Waals surface area contributed by atoms with Gasteiger partial charge in [0.15, 0.2) is 0 Å². The average molecular weight is 377 g/mol. The number of benzene rings is 1. The minimum absolute atomic E-state index is 0.267. The standard InChI is InChI=1S/C20H16FN5O2/c1-22-20(27)14-7-6-11(9-23-14)19-12-8-15(24-10-16(12)25-26-19)18-13(21)4-3-5-17(18)28-2/h3-10H,1-2H3,(H,22,27)(H,25,26). The van der Waals surface area contributed by atoms with E-state index in [4.69, 9.17) is 4.74 Å². The third-order valence-corrected chi connectivity index (χ3v) is 4.40. The largest absolute Gasteiger partial charge is 0.496 e. The summed E-state index contributed by atoms with van der Waals surface area (Å²) >= 11 is 0. The van der Waals surface area contributed by atoms with Crippen molar-refractivity contribution in [2.45, 2.75) is 0 Å². The van der Waals surface area contributed by atoms with E-state index < -0.39 is 5.82 Å². The van der Waals surface area contributed by atoms with E-state index in [1.807, 2.05) is 0 Å². The lowest BCUT2D eigenvalue weighted by molar-refractivity contribution is 0.0958. The van der Waals surface area contributed by atoms with Crippen molar-refractivity contribution in [2.24, 2.45) is 0 Å². The molecule has 1 aromatic carbocycles. The van der Waals surface area contributed by atoms with Gasteiger partial charge >= 0.3 is 0 Å². The van der Waals surface area contributed by atoms with Gasteiger partial charge in [0.25, 0.3) is 5.91 Å². The number of rotatable bonds is 4. The van der Waals surface area contributed by atoms with E-state index >= 15 is 0 Å². The van der Waals surface area contributed by atoms with Crippen molar-refractivity contribution >= 4 is 16.8 Å². The first kappa shape index (κ1) is 17.6. The molecule has 140 valence electrons. The number of pyridine rings is 2. The highest BCUT2D eigenvalue weighted by Gasteiger charge is 2.16. The van der Waals surface area contributed by atoms with Crippen LogP contribution >= 0.6 is 0 Å². The number of aromatic amines is 1. The predicted octanol–water partition coefficient (Wildman–Crippen LogP) is 3.19. The Labute approximate surface area is 159 Å². The molecule has 0 aliphatic rings. The van der Waals surface area contributed by atoms with Crippen LogP contribution < -0.4 is 10.1 Å². The maximum absolute atomic E-state index is 14.4. The summed E-state index contributed by atoms with van der Waals surface area (Å²) in [6, 6.07) is 9.76. The first-order chi connectivity index (χ1) is 13.6. The van der Waals surface area contributed by atoms with Gasteiger partial charge in [-0.15, -0.1) is 0 Å². The number of H-pyrrole nitrogens is 1. The molecule has 0 fully saturated rings. The minimum atomic E-state index is -0.423. The Balaban J connectivity index is 1.83. The van der Waals surface area contributed by atoms with Crippen molar-refractivity contribution in [3.8, 4) is 28.3 Å². The molecule has 0 atom stereocenters. The molecule has 0 saturated heterocycles. The number of hydrogen-bond donors (Lipinski definition) is 2. The number of nitrogens with zero attached hydrogens (tertiary/aromatic N) is 3. The van der Waals surface area contributed by atoms with Crippen LogP contribution in [0.5, 0.6) is 5.75 Å². The van der Waals surface area contributed by atoms with E-state index in [1.54, 1.807) is 49.8 Å². The molecule has 0 saturated carbocycles. The van der Waals surface area contributed by atoms with Gasteiger partial charge in [-0.25, -0.2) is 4.39 Å². The molecule has 4 rings (SSSR count). The van der Waals surface area contributed by atoms with Crippen LogP contribution in [0.15, 0.2) is 48.8 Å². The summed E-state index contributed by atoms with van der Waals surface area (Å²) in [5, 5.41) is 10.5. The van der Waals surface area contributed by atoms with Crippen LogP contribution in [0.2, 0.25) is 0 Å². The number of halogens is 1. The third kappa shape index (κ3) is 2.94. The number of aromatic nitrogens is 4. The highest BCUT2D eigenvalue weighted by Crippen LogP contribution is 2.34. The normalized spacial score (nSPS) is 10.8. The monoisotopic (exact) mass is 377 g/mol. The second-order valence-corrected chi connectivity index (χ2v) is 6.02. The zero-order valence-electron chi connectivity index (χ0n) is 15.2. The molecule has 4 aromatic rings. The fraction of sp³-hybridized carbons (Fsp3) is 0.100. The van der Waals surface area contributed by atoms with Crippen LogP contribution in [0.1, 0.15) is 10.5 Å². The zero-order chi connectivity index (χ0) is 19.7. The zero-order valence-corrected chi connectivity index (χ0v) is 15.2. The van der Waals surface area contributed by atoms with Crippen molar-refractivity contribution < 1.29 is 13.9 Å². The van der Waals surface area contributed by atoms with Gasteiger partial charge in [0, 0.05) is 24.2 Å². The lowest BCUT2D eigenvalue weighted by atomic mass is 10.1. The lowest BCUT2D eigenvalue weighted by Crippen LogP contribution is -2.18. The molecule has 0 unspecified atom stereocenters. The van der Waals surface area contributed by atoms with Crippen LogP contribution in [0, 0.1) is 5.82 Å². The first-order valence-electron chi connectivity index (χ1n) is 8.48. The van der Waals surface area contributed by atoms with Gasteiger partial charge in [-0.2, -0.15) is 5.10 Å². The molecule has 28 heavy (non-hydrogen) atoms. The van der Waals surface area contributed by atoms with Gasteiger partial charge in [-0.3, -0.25) is 19.9 Å². The van der Waals surface area contributed by atoms with Crippen LogP contribution in [-0.4, -0.2) is 40.2 Å². The second-order valence-electron chi connectivity index (χ2n) is 6.02. The number of methoxy groups -OCH3 is 1. The summed E-state index contributed by atoms with van der Waals surface area (Å²) in [5.41, 5.74) is 3.07. The van der Waals surface area contributed by atoms with Gasteiger partial charge in [0.1, 0.15) is 23.0 Å². The Morgan fingerprint density at radius 1 is 1.18 bits per heavy atom. The Morgan fingerprint density at radius 3 is 2.75 bits per heavy atom. The summed E-state index contributed by atoms with van der Waals surface area (Å²) < 4.78 is 19.7. The Bertz CT molecular complexity index is 1170. The van der Waals surface area contributed by atoms with Crippen molar-refractivity contribution in [3.05, 3.63) is 60.3 Å². The van der Waals surface area contributed by atoms with Crippen molar-refractivity contribution in [1.82, 2.24) is 25.5 Å². The quantitative estimate of drug-likeness (QED) is 0.570. The molecule has 2 N–H and O–H groups in total. The SMILES string of the molecule is CNC(=O)c1ccc(-c2n[nH]c3cnc(-c4c(F)cccc4OC)cc23)cn1. The molecular weight excluding hydrogens is 361 g/mol. The van der Waals surface area contributed by atoms with Crippen molar-refractivity contribution in [2.75, 3.05) is 14.2 Å². The van der Waals surface area contributed by atoms with E-state index in [1.165, 1.54) is 13.2 Å².